The predicted octanol–water partition coefficient (Wildman–Crippen LogP) is 4.30. The number of aryl methyl sites for hydroxylation is 2. The molecule has 0 amide bonds. The highest BCUT2D eigenvalue weighted by atomic mass is 15.1. The van der Waals surface area contributed by atoms with Crippen molar-refractivity contribution in [1.82, 2.24) is 5.32 Å². The molecule has 2 nitrogen and oxygen atoms in total. The summed E-state index contributed by atoms with van der Waals surface area (Å²) in [7, 11) is 2.26. The summed E-state index contributed by atoms with van der Waals surface area (Å²) in [6.45, 7) is 8.89. The Morgan fingerprint density at radius 3 is 2.62 bits per heavy atom. The maximum atomic E-state index is 3.73. The Bertz CT molecular complexity index is 441. The van der Waals surface area contributed by atoms with Crippen molar-refractivity contribution in [3.05, 3.63) is 29.3 Å². The maximum Gasteiger partial charge on any atom is 0.0393 e. The highest BCUT2D eigenvalue weighted by molar-refractivity contribution is 5.53. The number of rotatable bonds is 5. The molecule has 0 aromatic heterocycles. The van der Waals surface area contributed by atoms with Crippen LogP contribution < -0.4 is 10.2 Å². The van der Waals surface area contributed by atoms with E-state index in [1.165, 1.54) is 55.5 Å². The summed E-state index contributed by atoms with van der Waals surface area (Å²) < 4.78 is 0. The minimum Gasteiger partial charge on any atom is -0.374 e. The van der Waals surface area contributed by atoms with Gasteiger partial charge in [-0.15, -0.1) is 0 Å². The Balaban J connectivity index is 2.06. The van der Waals surface area contributed by atoms with Gasteiger partial charge in [-0.1, -0.05) is 43.9 Å². The van der Waals surface area contributed by atoms with Crippen molar-refractivity contribution in [3.63, 3.8) is 0 Å². The van der Waals surface area contributed by atoms with Gasteiger partial charge >= 0.3 is 0 Å². The van der Waals surface area contributed by atoms with Gasteiger partial charge in [-0.3, -0.25) is 0 Å². The summed E-state index contributed by atoms with van der Waals surface area (Å²) in [6.07, 6.45) is 6.91. The van der Waals surface area contributed by atoms with Gasteiger partial charge in [0.25, 0.3) is 0 Å². The third-order valence-corrected chi connectivity index (χ3v) is 4.90. The minimum absolute atomic E-state index is 0.700. The summed E-state index contributed by atoms with van der Waals surface area (Å²) in [5.74, 6) is 0.776. The summed E-state index contributed by atoms with van der Waals surface area (Å²) in [5, 5.41) is 3.73. The van der Waals surface area contributed by atoms with Gasteiger partial charge in [0.1, 0.15) is 0 Å². The second-order valence-corrected chi connectivity index (χ2v) is 6.73. The number of nitrogens with zero attached hydrogens (tertiary/aromatic N) is 1. The van der Waals surface area contributed by atoms with Crippen molar-refractivity contribution < 1.29 is 0 Å². The van der Waals surface area contributed by atoms with Crippen LogP contribution in [0.25, 0.3) is 0 Å². The fourth-order valence-electron chi connectivity index (χ4n) is 3.82. The van der Waals surface area contributed by atoms with Gasteiger partial charge in [-0.2, -0.15) is 0 Å². The lowest BCUT2D eigenvalue weighted by molar-refractivity contribution is 0.343. The Morgan fingerprint density at radius 1 is 1.14 bits per heavy atom. The van der Waals surface area contributed by atoms with Crippen molar-refractivity contribution in [3.8, 4) is 0 Å². The molecule has 0 radical (unpaired) electrons. The molecule has 0 heterocycles. The quantitative estimate of drug-likeness (QED) is 0.813. The van der Waals surface area contributed by atoms with Crippen LogP contribution in [0.1, 0.15) is 50.2 Å². The first-order valence-corrected chi connectivity index (χ1v) is 8.63. The molecule has 2 atom stereocenters. The van der Waals surface area contributed by atoms with Crippen molar-refractivity contribution in [1.29, 1.82) is 0 Å². The molecule has 0 spiro atoms. The summed E-state index contributed by atoms with van der Waals surface area (Å²) >= 11 is 0. The topological polar surface area (TPSA) is 15.3 Å². The number of benzene rings is 1. The van der Waals surface area contributed by atoms with Crippen LogP contribution in [-0.2, 0) is 0 Å². The van der Waals surface area contributed by atoms with E-state index in [9.17, 15) is 0 Å². The average molecular weight is 288 g/mol. The number of anilines is 1. The van der Waals surface area contributed by atoms with Gasteiger partial charge in [0, 0.05) is 25.3 Å². The van der Waals surface area contributed by atoms with E-state index < -0.39 is 0 Å². The van der Waals surface area contributed by atoms with E-state index in [1.54, 1.807) is 0 Å². The van der Waals surface area contributed by atoms with Gasteiger partial charge in [-0.05, 0) is 50.8 Å². The zero-order chi connectivity index (χ0) is 15.2. The third-order valence-electron chi connectivity index (χ3n) is 4.90. The first-order chi connectivity index (χ1) is 10.1. The average Bonchev–Trinajstić information content (AvgIpc) is 2.65. The first kappa shape index (κ1) is 16.4. The highest BCUT2D eigenvalue weighted by Gasteiger charge is 2.24. The SMILES string of the molecule is CCNC1CCCCCC1CN(C)c1ccc(C)cc1C. The molecule has 1 aromatic rings. The van der Waals surface area contributed by atoms with Crippen LogP contribution in [0.15, 0.2) is 18.2 Å². The molecule has 118 valence electrons. The molecular formula is C19H32N2. The molecule has 2 rings (SSSR count). The normalized spacial score (nSPS) is 22.9. The van der Waals surface area contributed by atoms with Crippen LogP contribution in [0.2, 0.25) is 0 Å². The van der Waals surface area contributed by atoms with E-state index in [1.807, 2.05) is 0 Å². The molecule has 0 bridgehead atoms. The Hall–Kier alpha value is -1.02. The fourth-order valence-corrected chi connectivity index (χ4v) is 3.82. The van der Waals surface area contributed by atoms with Gasteiger partial charge in [0.15, 0.2) is 0 Å². The number of nitrogens with one attached hydrogen (secondary N) is 1. The molecule has 21 heavy (non-hydrogen) atoms. The molecule has 2 unspecified atom stereocenters. The largest absolute Gasteiger partial charge is 0.374 e. The first-order valence-electron chi connectivity index (χ1n) is 8.63. The van der Waals surface area contributed by atoms with Crippen molar-refractivity contribution >= 4 is 5.69 Å². The fraction of sp³-hybridized carbons (Fsp3) is 0.684. The van der Waals surface area contributed by atoms with Crippen LogP contribution in [0.3, 0.4) is 0 Å². The highest BCUT2D eigenvalue weighted by Crippen LogP contribution is 2.27. The van der Waals surface area contributed by atoms with Gasteiger partial charge < -0.3 is 10.2 Å². The molecular weight excluding hydrogens is 256 g/mol. The van der Waals surface area contributed by atoms with E-state index in [0.717, 1.165) is 12.5 Å². The van der Waals surface area contributed by atoms with Crippen LogP contribution >= 0.6 is 0 Å². The van der Waals surface area contributed by atoms with Crippen LogP contribution in [0.5, 0.6) is 0 Å². The van der Waals surface area contributed by atoms with Gasteiger partial charge in [0.05, 0.1) is 0 Å². The van der Waals surface area contributed by atoms with Crippen molar-refractivity contribution in [2.45, 2.75) is 58.9 Å². The monoisotopic (exact) mass is 288 g/mol. The molecule has 0 aliphatic heterocycles. The zero-order valence-electron chi connectivity index (χ0n) is 14.3. The Kier molecular flexibility index (Phi) is 6.10. The van der Waals surface area contributed by atoms with E-state index in [4.69, 9.17) is 0 Å². The van der Waals surface area contributed by atoms with Crippen LogP contribution in [0.4, 0.5) is 5.69 Å². The van der Waals surface area contributed by atoms with E-state index >= 15 is 0 Å². The van der Waals surface area contributed by atoms with E-state index in [-0.39, 0.29) is 0 Å². The minimum atomic E-state index is 0.700. The number of hydrogen-bond donors (Lipinski definition) is 1. The van der Waals surface area contributed by atoms with Gasteiger partial charge in [-0.25, -0.2) is 0 Å². The Labute approximate surface area is 130 Å². The molecule has 1 N–H and O–H groups in total. The van der Waals surface area contributed by atoms with Crippen LogP contribution in [0, 0.1) is 19.8 Å². The van der Waals surface area contributed by atoms with E-state index in [2.05, 4.69) is 56.2 Å². The van der Waals surface area contributed by atoms with Crippen molar-refractivity contribution in [2.75, 3.05) is 25.0 Å². The molecule has 1 aromatic carbocycles. The smallest absolute Gasteiger partial charge is 0.0393 e. The summed E-state index contributed by atoms with van der Waals surface area (Å²) in [5.41, 5.74) is 4.14. The van der Waals surface area contributed by atoms with E-state index in [0.29, 0.717) is 6.04 Å². The molecule has 2 heteroatoms. The second kappa shape index (κ2) is 7.84. The molecule has 0 saturated heterocycles. The lowest BCUT2D eigenvalue weighted by atomic mass is 9.93. The van der Waals surface area contributed by atoms with Crippen molar-refractivity contribution in [2.24, 2.45) is 5.92 Å². The lowest BCUT2D eigenvalue weighted by Crippen LogP contribution is -2.41. The maximum absolute atomic E-state index is 3.73. The molecule has 1 fully saturated rings. The number of hydrogen-bond acceptors (Lipinski definition) is 2. The van der Waals surface area contributed by atoms with Crippen LogP contribution in [-0.4, -0.2) is 26.2 Å². The molecule has 1 saturated carbocycles. The Morgan fingerprint density at radius 2 is 1.90 bits per heavy atom. The van der Waals surface area contributed by atoms with Gasteiger partial charge in [0.2, 0.25) is 0 Å². The summed E-state index contributed by atoms with van der Waals surface area (Å²) in [4.78, 5) is 2.47. The molecule has 1 aliphatic carbocycles. The predicted molar refractivity (Wildman–Crippen MR) is 93.2 cm³/mol. The third kappa shape index (κ3) is 4.47. The molecule has 1 aliphatic rings. The standard InChI is InChI=1S/C19H32N2/c1-5-20-18-10-8-6-7-9-17(18)14-21(4)19-12-11-15(2)13-16(19)3/h11-13,17-18,20H,5-10,14H2,1-4H3. The summed E-state index contributed by atoms with van der Waals surface area (Å²) in [6, 6.07) is 7.50. The second-order valence-electron chi connectivity index (χ2n) is 6.73. The lowest BCUT2D eigenvalue weighted by Gasteiger charge is -2.32. The zero-order valence-corrected chi connectivity index (χ0v) is 14.3.